The second-order valence-corrected chi connectivity index (χ2v) is 8.27. The summed E-state index contributed by atoms with van der Waals surface area (Å²) in [5.74, 6) is 2.18. The smallest absolute Gasteiger partial charge is 0.313 e. The highest BCUT2D eigenvalue weighted by atomic mass is 16.2. The van der Waals surface area contributed by atoms with Crippen molar-refractivity contribution in [3.05, 3.63) is 32.2 Å². The first-order valence-corrected chi connectivity index (χ1v) is 9.67. The Morgan fingerprint density at radius 3 is 2.41 bits per heavy atom. The maximum Gasteiger partial charge on any atom is 0.329 e. The molecule has 27 heavy (non-hydrogen) atoms. The lowest BCUT2D eigenvalue weighted by molar-refractivity contribution is 0.137. The second kappa shape index (κ2) is 6.37. The van der Waals surface area contributed by atoms with Gasteiger partial charge in [-0.1, -0.05) is 13.8 Å². The highest BCUT2D eigenvalue weighted by Gasteiger charge is 2.23. The molecule has 8 nitrogen and oxygen atoms in total. The molecule has 0 spiro atoms. The second-order valence-electron chi connectivity index (χ2n) is 8.27. The molecule has 146 valence electrons. The van der Waals surface area contributed by atoms with Gasteiger partial charge in [-0.15, -0.1) is 0 Å². The van der Waals surface area contributed by atoms with E-state index >= 15 is 0 Å². The van der Waals surface area contributed by atoms with Gasteiger partial charge in [0.2, 0.25) is 5.78 Å². The largest absolute Gasteiger partial charge is 0.329 e. The Balaban J connectivity index is 1.77. The van der Waals surface area contributed by atoms with Crippen LogP contribution in [0.3, 0.4) is 0 Å². The number of piperidine rings is 1. The SMILES string of the molecule is Cc1c(C)n2c3c(=O)[nH]c(=O)n(C)c3nc2n1CCN1C[C@H](C)C[C@H](C)C1. The summed E-state index contributed by atoms with van der Waals surface area (Å²) >= 11 is 0. The first kappa shape index (κ1) is 18.0. The third-order valence-corrected chi connectivity index (χ3v) is 5.99. The Morgan fingerprint density at radius 1 is 1.07 bits per heavy atom. The predicted octanol–water partition coefficient (Wildman–Crippen LogP) is 1.27. The molecule has 0 bridgehead atoms. The van der Waals surface area contributed by atoms with E-state index < -0.39 is 5.69 Å². The molecule has 0 amide bonds. The zero-order valence-electron chi connectivity index (χ0n) is 16.7. The van der Waals surface area contributed by atoms with E-state index in [0.717, 1.165) is 55.2 Å². The van der Waals surface area contributed by atoms with E-state index in [2.05, 4.69) is 40.2 Å². The number of aryl methyl sites for hydroxylation is 2. The molecular formula is C19H28N6O2. The van der Waals surface area contributed by atoms with Crippen molar-refractivity contribution in [1.29, 1.82) is 0 Å². The Kier molecular flexibility index (Phi) is 4.25. The van der Waals surface area contributed by atoms with Crippen molar-refractivity contribution in [3.63, 3.8) is 0 Å². The molecule has 1 fully saturated rings. The van der Waals surface area contributed by atoms with Crippen LogP contribution in [0, 0.1) is 25.7 Å². The summed E-state index contributed by atoms with van der Waals surface area (Å²) in [7, 11) is 1.64. The summed E-state index contributed by atoms with van der Waals surface area (Å²) < 4.78 is 5.45. The lowest BCUT2D eigenvalue weighted by Gasteiger charge is -2.35. The summed E-state index contributed by atoms with van der Waals surface area (Å²) in [6.07, 6.45) is 1.30. The van der Waals surface area contributed by atoms with Gasteiger partial charge in [0.15, 0.2) is 11.2 Å². The van der Waals surface area contributed by atoms with Crippen molar-refractivity contribution in [2.45, 2.75) is 40.7 Å². The zero-order valence-corrected chi connectivity index (χ0v) is 16.7. The minimum absolute atomic E-state index is 0.389. The predicted molar refractivity (Wildman–Crippen MR) is 105 cm³/mol. The number of aromatic amines is 1. The van der Waals surface area contributed by atoms with Crippen molar-refractivity contribution in [2.24, 2.45) is 18.9 Å². The Hall–Kier alpha value is -2.35. The summed E-state index contributed by atoms with van der Waals surface area (Å²) in [5, 5.41) is 0. The molecule has 8 heteroatoms. The van der Waals surface area contributed by atoms with E-state index in [-0.39, 0.29) is 5.56 Å². The number of hydrogen-bond donors (Lipinski definition) is 1. The van der Waals surface area contributed by atoms with Gasteiger partial charge in [0.05, 0.1) is 0 Å². The Morgan fingerprint density at radius 2 is 1.74 bits per heavy atom. The minimum atomic E-state index is -0.439. The molecular weight excluding hydrogens is 344 g/mol. The molecule has 0 aromatic carbocycles. The van der Waals surface area contributed by atoms with Gasteiger partial charge in [-0.3, -0.25) is 18.7 Å². The molecule has 1 N–H and O–H groups in total. The molecule has 0 saturated carbocycles. The highest BCUT2D eigenvalue weighted by Crippen LogP contribution is 2.23. The number of aromatic nitrogens is 5. The topological polar surface area (TPSA) is 80.3 Å². The van der Waals surface area contributed by atoms with Gasteiger partial charge < -0.3 is 9.47 Å². The van der Waals surface area contributed by atoms with Gasteiger partial charge in [0.25, 0.3) is 5.56 Å². The van der Waals surface area contributed by atoms with Crippen LogP contribution < -0.4 is 11.2 Å². The molecule has 4 rings (SSSR count). The summed E-state index contributed by atoms with van der Waals surface area (Å²) in [6, 6.07) is 0. The summed E-state index contributed by atoms with van der Waals surface area (Å²) in [4.78, 5) is 33.9. The van der Waals surface area contributed by atoms with Crippen LogP contribution in [0.1, 0.15) is 31.7 Å². The van der Waals surface area contributed by atoms with Gasteiger partial charge >= 0.3 is 5.69 Å². The summed E-state index contributed by atoms with van der Waals surface area (Å²) in [5.41, 5.74) is 2.12. The van der Waals surface area contributed by atoms with Gasteiger partial charge in [-0.2, -0.15) is 4.98 Å². The molecule has 3 aromatic rings. The van der Waals surface area contributed by atoms with Crippen molar-refractivity contribution in [3.8, 4) is 0 Å². The van der Waals surface area contributed by atoms with Crippen LogP contribution in [0.4, 0.5) is 0 Å². The number of fused-ring (bicyclic) bond motifs is 3. The maximum absolute atomic E-state index is 12.4. The molecule has 3 aromatic heterocycles. The van der Waals surface area contributed by atoms with Crippen LogP contribution in [0.5, 0.6) is 0 Å². The van der Waals surface area contributed by atoms with E-state index in [1.54, 1.807) is 7.05 Å². The van der Waals surface area contributed by atoms with Crippen molar-refractivity contribution in [1.82, 2.24) is 28.4 Å². The normalized spacial score (nSPS) is 21.5. The van der Waals surface area contributed by atoms with E-state index in [0.29, 0.717) is 11.2 Å². The molecule has 1 aliphatic rings. The number of H-pyrrole nitrogens is 1. The van der Waals surface area contributed by atoms with Crippen LogP contribution >= 0.6 is 0 Å². The van der Waals surface area contributed by atoms with E-state index in [4.69, 9.17) is 0 Å². The van der Waals surface area contributed by atoms with Gasteiger partial charge in [0, 0.05) is 44.6 Å². The Bertz CT molecular complexity index is 1120. The van der Waals surface area contributed by atoms with E-state index in [1.807, 2.05) is 11.3 Å². The number of imidazole rings is 2. The lowest BCUT2D eigenvalue weighted by Crippen LogP contribution is -2.40. The number of hydrogen-bond acceptors (Lipinski definition) is 4. The fourth-order valence-electron chi connectivity index (χ4n) is 4.66. The molecule has 1 aliphatic heterocycles. The van der Waals surface area contributed by atoms with Crippen LogP contribution in [-0.4, -0.2) is 48.0 Å². The number of nitrogens with zero attached hydrogens (tertiary/aromatic N) is 5. The zero-order chi connectivity index (χ0) is 19.5. The standard InChI is InChI=1S/C19H28N6O2/c1-11-8-12(2)10-23(9-11)6-7-24-13(3)14(4)25-15-16(20-18(24)25)22(5)19(27)21-17(15)26/h11-12H,6-10H2,1-5H3,(H,21,26,27)/t11-,12+. The molecule has 4 heterocycles. The van der Waals surface area contributed by atoms with Crippen LogP contribution in [0.15, 0.2) is 9.59 Å². The average Bonchev–Trinajstić information content (AvgIpc) is 3.08. The van der Waals surface area contributed by atoms with Gasteiger partial charge in [0.1, 0.15) is 0 Å². The monoisotopic (exact) mass is 372 g/mol. The van der Waals surface area contributed by atoms with Crippen molar-refractivity contribution in [2.75, 3.05) is 19.6 Å². The van der Waals surface area contributed by atoms with Crippen LogP contribution in [0.25, 0.3) is 16.9 Å². The quantitative estimate of drug-likeness (QED) is 0.751. The van der Waals surface area contributed by atoms with Crippen molar-refractivity contribution >= 4 is 16.9 Å². The molecule has 2 atom stereocenters. The third kappa shape index (κ3) is 2.82. The van der Waals surface area contributed by atoms with Gasteiger partial charge in [-0.05, 0) is 32.1 Å². The number of nitrogens with one attached hydrogen (secondary N) is 1. The highest BCUT2D eigenvalue weighted by molar-refractivity contribution is 5.76. The molecule has 0 radical (unpaired) electrons. The lowest BCUT2D eigenvalue weighted by atomic mass is 9.92. The molecule has 1 saturated heterocycles. The van der Waals surface area contributed by atoms with Gasteiger partial charge in [-0.25, -0.2) is 4.79 Å². The molecule has 0 aliphatic carbocycles. The minimum Gasteiger partial charge on any atom is -0.313 e. The van der Waals surface area contributed by atoms with Crippen LogP contribution in [0.2, 0.25) is 0 Å². The summed E-state index contributed by atoms with van der Waals surface area (Å²) in [6.45, 7) is 12.7. The Labute approximate surface area is 157 Å². The number of rotatable bonds is 3. The van der Waals surface area contributed by atoms with E-state index in [9.17, 15) is 9.59 Å². The van der Waals surface area contributed by atoms with E-state index in [1.165, 1.54) is 11.0 Å². The van der Waals surface area contributed by atoms with Crippen LogP contribution in [-0.2, 0) is 13.6 Å². The first-order valence-electron chi connectivity index (χ1n) is 9.67. The van der Waals surface area contributed by atoms with Crippen molar-refractivity contribution < 1.29 is 0 Å². The first-order chi connectivity index (χ1) is 12.8. The third-order valence-electron chi connectivity index (χ3n) is 5.99. The fourth-order valence-corrected chi connectivity index (χ4v) is 4.66. The molecule has 0 unspecified atom stereocenters. The maximum atomic E-state index is 12.4. The average molecular weight is 372 g/mol. The fraction of sp³-hybridized carbons (Fsp3) is 0.632. The number of likely N-dealkylation sites (tertiary alicyclic amines) is 1.